The van der Waals surface area contributed by atoms with Gasteiger partial charge >= 0.3 is 0 Å². The summed E-state index contributed by atoms with van der Waals surface area (Å²) in [5.41, 5.74) is 0. The van der Waals surface area contributed by atoms with Gasteiger partial charge in [-0.3, -0.25) is 0 Å². The van der Waals surface area contributed by atoms with Gasteiger partial charge < -0.3 is 9.47 Å². The molecular weight excluding hydrogens is 432 g/mol. The van der Waals surface area contributed by atoms with E-state index >= 15 is 0 Å². The van der Waals surface area contributed by atoms with Crippen LogP contribution in [0.25, 0.3) is 0 Å². The molecule has 3 nitrogen and oxygen atoms in total. The average Bonchev–Trinajstić information content (AvgIpc) is 2.80. The molecule has 0 N–H and O–H groups in total. The molecule has 0 bridgehead atoms. The van der Waals surface area contributed by atoms with Gasteiger partial charge in [0.15, 0.2) is 0 Å². The van der Waals surface area contributed by atoms with Crippen molar-refractivity contribution in [2.45, 2.75) is 29.4 Å². The minimum absolute atomic E-state index is 0.739. The fourth-order valence-electron chi connectivity index (χ4n) is 3.46. The maximum absolute atomic E-state index is 13.8. The van der Waals surface area contributed by atoms with Crippen molar-refractivity contribution in [1.29, 1.82) is 0 Å². The van der Waals surface area contributed by atoms with Crippen molar-refractivity contribution in [3.8, 4) is 23.0 Å². The first-order valence-corrected chi connectivity index (χ1v) is 12.1. The Labute approximate surface area is 184 Å². The summed E-state index contributed by atoms with van der Waals surface area (Å²) in [6, 6.07) is 27.3. The molecule has 2 heterocycles. The molecule has 0 saturated carbocycles. The molecule has 146 valence electrons. The molecule has 6 heteroatoms. The predicted octanol–water partition coefficient (Wildman–Crippen LogP) is 7.37. The molecule has 0 aromatic heterocycles. The summed E-state index contributed by atoms with van der Waals surface area (Å²) in [7, 11) is -1.38. The lowest BCUT2D eigenvalue weighted by molar-refractivity contribution is 0.450. The number of hydrogen-bond donors (Lipinski definition) is 0. The number of para-hydroxylation sites is 2. The topological polar surface area (TPSA) is 35.5 Å². The molecule has 0 unspecified atom stereocenters. The van der Waals surface area contributed by atoms with Crippen LogP contribution in [0, 0.1) is 0 Å². The third-order valence-electron chi connectivity index (χ3n) is 4.85. The third-order valence-corrected chi connectivity index (χ3v) is 8.95. The maximum Gasteiger partial charge on any atom is 0.142 e. The highest BCUT2D eigenvalue weighted by atomic mass is 32.2. The van der Waals surface area contributed by atoms with Crippen molar-refractivity contribution < 1.29 is 13.7 Å². The quantitative estimate of drug-likeness (QED) is 0.277. The van der Waals surface area contributed by atoms with E-state index in [0.717, 1.165) is 52.4 Å². The summed E-state index contributed by atoms with van der Waals surface area (Å²) in [5, 5.41) is 0. The largest absolute Gasteiger partial charge is 0.455 e. The monoisotopic (exact) mass is 446 g/mol. The highest BCUT2D eigenvalue weighted by Gasteiger charge is 2.27. The first-order valence-electron chi connectivity index (χ1n) is 9.35. The van der Waals surface area contributed by atoms with E-state index in [9.17, 15) is 4.21 Å². The minimum Gasteiger partial charge on any atom is -0.455 e. The molecule has 0 fully saturated rings. The average molecular weight is 447 g/mol. The van der Waals surface area contributed by atoms with Crippen LogP contribution < -0.4 is 9.47 Å². The second-order valence-electron chi connectivity index (χ2n) is 6.74. The molecule has 0 radical (unpaired) electrons. The second kappa shape index (κ2) is 7.23. The SMILES string of the molecule is O=S(c1cccc2c1Sc1ccccc1O2)c1cccc2c1Sc1ccccc1O2. The maximum atomic E-state index is 13.8. The molecule has 0 amide bonds. The van der Waals surface area contributed by atoms with Gasteiger partial charge in [0.05, 0.1) is 40.2 Å². The van der Waals surface area contributed by atoms with Gasteiger partial charge in [0.1, 0.15) is 23.0 Å². The van der Waals surface area contributed by atoms with Gasteiger partial charge in [-0.15, -0.1) is 0 Å². The van der Waals surface area contributed by atoms with Gasteiger partial charge in [-0.2, -0.15) is 0 Å². The standard InChI is InChI=1S/C24H14O3S3/c25-30(21-13-5-9-17-23(21)28-19-11-3-1-7-15(19)26-17)22-14-6-10-18-24(22)29-20-12-4-2-8-16(20)27-18/h1-14H. The van der Waals surface area contributed by atoms with E-state index in [1.54, 1.807) is 23.5 Å². The number of rotatable bonds is 2. The van der Waals surface area contributed by atoms with Crippen LogP contribution in [0.15, 0.2) is 114 Å². The summed E-state index contributed by atoms with van der Waals surface area (Å²) in [5.74, 6) is 3.14. The molecular formula is C24H14O3S3. The molecule has 0 aliphatic carbocycles. The Hall–Kier alpha value is -2.67. The van der Waals surface area contributed by atoms with Crippen molar-refractivity contribution in [2.75, 3.05) is 0 Å². The Morgan fingerprint density at radius 2 is 0.967 bits per heavy atom. The first kappa shape index (κ1) is 18.1. The van der Waals surface area contributed by atoms with E-state index in [2.05, 4.69) is 0 Å². The van der Waals surface area contributed by atoms with Crippen LogP contribution in [0.1, 0.15) is 0 Å². The number of hydrogen-bond acceptors (Lipinski definition) is 5. The summed E-state index contributed by atoms with van der Waals surface area (Å²) in [6.07, 6.45) is 0. The van der Waals surface area contributed by atoms with Crippen molar-refractivity contribution in [3.05, 3.63) is 84.9 Å². The van der Waals surface area contributed by atoms with Gasteiger partial charge in [0.2, 0.25) is 0 Å². The van der Waals surface area contributed by atoms with Crippen LogP contribution in [-0.4, -0.2) is 4.21 Å². The van der Waals surface area contributed by atoms with Crippen LogP contribution >= 0.6 is 23.5 Å². The van der Waals surface area contributed by atoms with Crippen molar-refractivity contribution in [3.63, 3.8) is 0 Å². The van der Waals surface area contributed by atoms with E-state index in [1.165, 1.54) is 0 Å². The molecule has 0 atom stereocenters. The molecule has 4 aromatic carbocycles. The lowest BCUT2D eigenvalue weighted by atomic mass is 10.3. The molecule has 6 rings (SSSR count). The third kappa shape index (κ3) is 2.95. The fraction of sp³-hybridized carbons (Fsp3) is 0. The second-order valence-corrected chi connectivity index (χ2v) is 10.3. The lowest BCUT2D eigenvalue weighted by Gasteiger charge is -2.23. The summed E-state index contributed by atoms with van der Waals surface area (Å²) in [6.45, 7) is 0. The van der Waals surface area contributed by atoms with E-state index in [1.807, 2.05) is 84.9 Å². The van der Waals surface area contributed by atoms with Gasteiger partial charge in [-0.1, -0.05) is 59.9 Å². The minimum atomic E-state index is -1.38. The summed E-state index contributed by atoms with van der Waals surface area (Å²) < 4.78 is 25.9. The Kier molecular flexibility index (Phi) is 4.37. The number of ether oxygens (including phenoxy) is 2. The van der Waals surface area contributed by atoms with E-state index < -0.39 is 10.8 Å². The first-order chi connectivity index (χ1) is 14.8. The smallest absolute Gasteiger partial charge is 0.142 e. The zero-order valence-electron chi connectivity index (χ0n) is 15.5. The van der Waals surface area contributed by atoms with Gasteiger partial charge in [-0.25, -0.2) is 4.21 Å². The van der Waals surface area contributed by atoms with Crippen molar-refractivity contribution in [2.24, 2.45) is 0 Å². The van der Waals surface area contributed by atoms with Gasteiger partial charge in [0.25, 0.3) is 0 Å². The summed E-state index contributed by atoms with van der Waals surface area (Å²) >= 11 is 3.20. The molecule has 0 saturated heterocycles. The highest BCUT2D eigenvalue weighted by Crippen LogP contribution is 2.52. The predicted molar refractivity (Wildman–Crippen MR) is 119 cm³/mol. The molecule has 4 aromatic rings. The fourth-order valence-corrected chi connectivity index (χ4v) is 7.25. The van der Waals surface area contributed by atoms with Crippen LogP contribution in [-0.2, 0) is 10.8 Å². The van der Waals surface area contributed by atoms with E-state index in [-0.39, 0.29) is 0 Å². The van der Waals surface area contributed by atoms with E-state index in [4.69, 9.17) is 9.47 Å². The molecule has 2 aliphatic heterocycles. The molecule has 0 spiro atoms. The lowest BCUT2D eigenvalue weighted by Crippen LogP contribution is -2.04. The Bertz CT molecular complexity index is 1230. The molecule has 2 aliphatic rings. The number of fused-ring (bicyclic) bond motifs is 4. The van der Waals surface area contributed by atoms with Crippen LogP contribution in [0.5, 0.6) is 23.0 Å². The molecule has 30 heavy (non-hydrogen) atoms. The van der Waals surface area contributed by atoms with Crippen LogP contribution in [0.3, 0.4) is 0 Å². The van der Waals surface area contributed by atoms with Crippen molar-refractivity contribution >= 4 is 34.3 Å². The normalized spacial score (nSPS) is 13.4. The Morgan fingerprint density at radius 1 is 0.533 bits per heavy atom. The van der Waals surface area contributed by atoms with Gasteiger partial charge in [-0.05, 0) is 48.5 Å². The number of benzene rings is 4. The van der Waals surface area contributed by atoms with Crippen molar-refractivity contribution in [1.82, 2.24) is 0 Å². The Morgan fingerprint density at radius 3 is 1.47 bits per heavy atom. The summed E-state index contributed by atoms with van der Waals surface area (Å²) in [4.78, 5) is 5.34. The zero-order chi connectivity index (χ0) is 20.1. The van der Waals surface area contributed by atoms with Crippen LogP contribution in [0.2, 0.25) is 0 Å². The van der Waals surface area contributed by atoms with Gasteiger partial charge in [0, 0.05) is 0 Å². The Balaban J connectivity index is 1.43. The zero-order valence-corrected chi connectivity index (χ0v) is 18.0. The van der Waals surface area contributed by atoms with E-state index in [0.29, 0.717) is 0 Å². The van der Waals surface area contributed by atoms with Crippen LogP contribution in [0.4, 0.5) is 0 Å². The highest BCUT2D eigenvalue weighted by molar-refractivity contribution is 8.01.